The largest absolute Gasteiger partial charge is 0.414 e. The molecule has 0 aromatic carbocycles. The molecule has 0 aliphatic carbocycles. The molecular weight excluding hydrogens is 168 g/mol. The van der Waals surface area contributed by atoms with Crippen LogP contribution in [0.3, 0.4) is 0 Å². The van der Waals surface area contributed by atoms with Crippen LogP contribution in [0, 0.1) is 0 Å². The van der Waals surface area contributed by atoms with E-state index in [1.165, 1.54) is 31.0 Å². The molecular formula is C9H18O2Si. The zero-order chi connectivity index (χ0) is 8.44. The van der Waals surface area contributed by atoms with Gasteiger partial charge in [-0.25, -0.2) is 0 Å². The highest BCUT2D eigenvalue weighted by Gasteiger charge is 2.42. The first-order valence-electron chi connectivity index (χ1n) is 5.10. The average molecular weight is 186 g/mol. The molecule has 0 bridgehead atoms. The van der Waals surface area contributed by atoms with Crippen molar-refractivity contribution in [3.63, 3.8) is 0 Å². The number of epoxide rings is 1. The Balaban J connectivity index is 1.72. The fraction of sp³-hybridized carbons (Fsp3) is 1.00. The van der Waals surface area contributed by atoms with Gasteiger partial charge in [-0.1, -0.05) is 19.8 Å². The molecule has 2 aliphatic heterocycles. The van der Waals surface area contributed by atoms with Gasteiger partial charge in [0.15, 0.2) is 8.32 Å². The Hall–Kier alpha value is 0.137. The van der Waals surface area contributed by atoms with Crippen molar-refractivity contribution in [1.82, 2.24) is 0 Å². The predicted octanol–water partition coefficient (Wildman–Crippen LogP) is 2.16. The Kier molecular flexibility index (Phi) is 2.53. The van der Waals surface area contributed by atoms with E-state index in [0.29, 0.717) is 6.10 Å². The maximum absolute atomic E-state index is 6.04. The van der Waals surface area contributed by atoms with E-state index in [1.54, 1.807) is 0 Å². The third-order valence-electron chi connectivity index (χ3n) is 2.95. The Morgan fingerprint density at radius 2 is 2.25 bits per heavy atom. The van der Waals surface area contributed by atoms with E-state index >= 15 is 0 Å². The van der Waals surface area contributed by atoms with Crippen LogP contribution in [0.15, 0.2) is 0 Å². The molecule has 2 nitrogen and oxygen atoms in total. The molecule has 2 rings (SSSR count). The minimum Gasteiger partial charge on any atom is -0.414 e. The smallest absolute Gasteiger partial charge is 0.192 e. The summed E-state index contributed by atoms with van der Waals surface area (Å²) in [5.41, 5.74) is 0. The standard InChI is InChI=1S/C9H18O2Si/c1-2-4-12(5-3-6-12)11-8-9-7-10-9/h9H,2-8H2,1H3. The fourth-order valence-corrected chi connectivity index (χ4v) is 5.45. The van der Waals surface area contributed by atoms with Gasteiger partial charge < -0.3 is 9.16 Å². The third-order valence-corrected chi connectivity index (χ3v) is 7.67. The topological polar surface area (TPSA) is 21.8 Å². The van der Waals surface area contributed by atoms with Crippen molar-refractivity contribution in [2.45, 2.75) is 44.0 Å². The highest BCUT2D eigenvalue weighted by molar-refractivity contribution is 6.76. The molecule has 2 heterocycles. The van der Waals surface area contributed by atoms with Crippen molar-refractivity contribution < 1.29 is 9.16 Å². The maximum atomic E-state index is 6.04. The molecule has 12 heavy (non-hydrogen) atoms. The maximum Gasteiger partial charge on any atom is 0.192 e. The van der Waals surface area contributed by atoms with Gasteiger partial charge >= 0.3 is 0 Å². The molecule has 1 atom stereocenters. The Bertz CT molecular complexity index is 153. The van der Waals surface area contributed by atoms with Crippen molar-refractivity contribution in [2.24, 2.45) is 0 Å². The van der Waals surface area contributed by atoms with E-state index < -0.39 is 8.32 Å². The molecule has 1 unspecified atom stereocenters. The van der Waals surface area contributed by atoms with Gasteiger partial charge in [0.1, 0.15) is 6.10 Å². The van der Waals surface area contributed by atoms with Crippen LogP contribution in [0.25, 0.3) is 0 Å². The molecule has 0 amide bonds. The van der Waals surface area contributed by atoms with Crippen LogP contribution >= 0.6 is 0 Å². The molecule has 2 saturated heterocycles. The van der Waals surface area contributed by atoms with Gasteiger partial charge in [0.25, 0.3) is 0 Å². The Morgan fingerprint density at radius 3 is 2.67 bits per heavy atom. The quantitative estimate of drug-likeness (QED) is 0.485. The lowest BCUT2D eigenvalue weighted by atomic mass is 10.5. The highest BCUT2D eigenvalue weighted by Crippen LogP contribution is 2.38. The lowest BCUT2D eigenvalue weighted by molar-refractivity contribution is 0.240. The summed E-state index contributed by atoms with van der Waals surface area (Å²) in [4.78, 5) is 0. The van der Waals surface area contributed by atoms with E-state index in [1.807, 2.05) is 0 Å². The van der Waals surface area contributed by atoms with Crippen LogP contribution in [-0.2, 0) is 9.16 Å². The Labute approximate surface area is 75.4 Å². The fourth-order valence-electron chi connectivity index (χ4n) is 1.93. The first-order valence-corrected chi connectivity index (χ1v) is 7.63. The van der Waals surface area contributed by atoms with Crippen LogP contribution in [-0.4, -0.2) is 27.6 Å². The number of rotatable bonds is 5. The van der Waals surface area contributed by atoms with Gasteiger partial charge in [-0.3, -0.25) is 0 Å². The summed E-state index contributed by atoms with van der Waals surface area (Å²) < 4.78 is 11.2. The molecule has 0 aromatic heterocycles. The van der Waals surface area contributed by atoms with Crippen LogP contribution in [0.4, 0.5) is 0 Å². The zero-order valence-electron chi connectivity index (χ0n) is 7.84. The van der Waals surface area contributed by atoms with E-state index in [0.717, 1.165) is 13.2 Å². The summed E-state index contributed by atoms with van der Waals surface area (Å²) in [5, 5.41) is 0. The second-order valence-corrected chi connectivity index (χ2v) is 8.21. The van der Waals surface area contributed by atoms with Crippen molar-refractivity contribution in [3.8, 4) is 0 Å². The van der Waals surface area contributed by atoms with Crippen molar-refractivity contribution >= 4 is 8.32 Å². The summed E-state index contributed by atoms with van der Waals surface area (Å²) in [6.07, 6.45) is 3.18. The van der Waals surface area contributed by atoms with Gasteiger partial charge in [-0.15, -0.1) is 0 Å². The Morgan fingerprint density at radius 1 is 1.50 bits per heavy atom. The molecule has 0 spiro atoms. The molecule has 0 aromatic rings. The minimum absolute atomic E-state index is 0.465. The van der Waals surface area contributed by atoms with Crippen molar-refractivity contribution in [1.29, 1.82) is 0 Å². The molecule has 3 heteroatoms. The van der Waals surface area contributed by atoms with Gasteiger partial charge in [-0.05, 0) is 18.1 Å². The monoisotopic (exact) mass is 186 g/mol. The van der Waals surface area contributed by atoms with Gasteiger partial charge in [0, 0.05) is 0 Å². The molecule has 70 valence electrons. The first kappa shape index (κ1) is 8.72. The van der Waals surface area contributed by atoms with Crippen molar-refractivity contribution in [2.75, 3.05) is 13.2 Å². The highest BCUT2D eigenvalue weighted by atomic mass is 28.4. The average Bonchev–Trinajstić information content (AvgIpc) is 2.77. The van der Waals surface area contributed by atoms with Crippen molar-refractivity contribution in [3.05, 3.63) is 0 Å². The summed E-state index contributed by atoms with van der Waals surface area (Å²) in [6.45, 7) is 4.10. The lowest BCUT2D eigenvalue weighted by Gasteiger charge is -2.38. The van der Waals surface area contributed by atoms with Crippen LogP contribution in [0.1, 0.15) is 19.8 Å². The zero-order valence-corrected chi connectivity index (χ0v) is 8.84. The summed E-state index contributed by atoms with van der Waals surface area (Å²) in [7, 11) is -1.15. The third kappa shape index (κ3) is 1.89. The minimum atomic E-state index is -1.15. The summed E-state index contributed by atoms with van der Waals surface area (Å²) >= 11 is 0. The lowest BCUT2D eigenvalue weighted by Crippen LogP contribution is -2.45. The number of hydrogen-bond acceptors (Lipinski definition) is 2. The first-order chi connectivity index (χ1) is 5.85. The second kappa shape index (κ2) is 3.48. The van der Waals surface area contributed by atoms with E-state index in [2.05, 4.69) is 6.92 Å². The molecule has 0 N–H and O–H groups in total. The van der Waals surface area contributed by atoms with Crippen LogP contribution < -0.4 is 0 Å². The molecule has 0 saturated carbocycles. The van der Waals surface area contributed by atoms with Gasteiger partial charge in [0.05, 0.1) is 13.2 Å². The second-order valence-electron chi connectivity index (χ2n) is 4.05. The van der Waals surface area contributed by atoms with Gasteiger partial charge in [-0.2, -0.15) is 0 Å². The van der Waals surface area contributed by atoms with E-state index in [-0.39, 0.29) is 0 Å². The van der Waals surface area contributed by atoms with E-state index in [4.69, 9.17) is 9.16 Å². The number of hydrogen-bond donors (Lipinski definition) is 0. The SMILES string of the molecule is CCC[Si]1(OCC2CO2)CCC1. The van der Waals surface area contributed by atoms with Crippen LogP contribution in [0.5, 0.6) is 0 Å². The molecule has 2 fully saturated rings. The summed E-state index contributed by atoms with van der Waals surface area (Å²) in [6, 6.07) is 4.20. The normalized spacial score (nSPS) is 31.2. The molecule has 0 radical (unpaired) electrons. The van der Waals surface area contributed by atoms with Gasteiger partial charge in [0.2, 0.25) is 0 Å². The predicted molar refractivity (Wildman–Crippen MR) is 50.8 cm³/mol. The number of ether oxygens (including phenoxy) is 1. The van der Waals surface area contributed by atoms with Crippen LogP contribution in [0.2, 0.25) is 18.1 Å². The molecule has 2 aliphatic rings. The van der Waals surface area contributed by atoms with E-state index in [9.17, 15) is 0 Å². The summed E-state index contributed by atoms with van der Waals surface area (Å²) in [5.74, 6) is 0.